The monoisotopic (exact) mass is 473 g/mol. The van der Waals surface area contributed by atoms with E-state index in [1.807, 2.05) is 0 Å². The topological polar surface area (TPSA) is 38.3 Å². The number of rotatable bonds is 6. The van der Waals surface area contributed by atoms with Crippen molar-refractivity contribution in [1.29, 1.82) is 0 Å². The molecule has 0 aromatic heterocycles. The van der Waals surface area contributed by atoms with Gasteiger partial charge in [0.25, 0.3) is 0 Å². The molecule has 20 heavy (non-hydrogen) atoms. The van der Waals surface area contributed by atoms with Gasteiger partial charge < -0.3 is 10.1 Å². The molecule has 0 heterocycles. The Balaban J connectivity index is 2.11. The average Bonchev–Trinajstić information content (AvgIpc) is 2.84. The lowest BCUT2D eigenvalue weighted by molar-refractivity contribution is -0.161. The molecule has 0 radical (unpaired) electrons. The highest BCUT2D eigenvalue weighted by Gasteiger charge is 2.83. The number of carbonyl (C=O) groups excluding carboxylic acids is 1. The molecule has 3 atom stereocenters. The van der Waals surface area contributed by atoms with E-state index < -0.39 is 0 Å². The molecule has 2 bridgehead atoms. The standard InChI is InChI=1S/C14H22Br3NO2/c1-12(2)13(10(16)17)5-6-14(12,9(13)15)11(19)18-7-4-8-20-3/h9-10H,4-8H2,1-3H3,(H,18,19). The van der Waals surface area contributed by atoms with Crippen molar-refractivity contribution in [2.24, 2.45) is 16.2 Å². The molecule has 3 saturated carbocycles. The van der Waals surface area contributed by atoms with Crippen molar-refractivity contribution in [3.05, 3.63) is 0 Å². The predicted molar refractivity (Wildman–Crippen MR) is 91.7 cm³/mol. The molecule has 3 nitrogen and oxygen atoms in total. The molecular weight excluding hydrogens is 454 g/mol. The molecule has 3 aliphatic carbocycles. The zero-order chi connectivity index (χ0) is 15.2. The molecule has 0 spiro atoms. The summed E-state index contributed by atoms with van der Waals surface area (Å²) in [5, 5.41) is 3.10. The number of carbonyl (C=O) groups is 1. The van der Waals surface area contributed by atoms with Crippen LogP contribution < -0.4 is 5.32 Å². The lowest BCUT2D eigenvalue weighted by atomic mass is 9.43. The van der Waals surface area contributed by atoms with E-state index in [9.17, 15) is 4.79 Å². The summed E-state index contributed by atoms with van der Waals surface area (Å²) in [6.45, 7) is 5.82. The number of hydrogen-bond acceptors (Lipinski definition) is 2. The van der Waals surface area contributed by atoms with Gasteiger partial charge in [0.2, 0.25) is 5.91 Å². The minimum Gasteiger partial charge on any atom is -0.385 e. The molecular formula is C14H22Br3NO2. The van der Waals surface area contributed by atoms with Gasteiger partial charge in [-0.15, -0.1) is 0 Å². The third kappa shape index (κ3) is 1.93. The highest BCUT2D eigenvalue weighted by atomic mass is 79.9. The van der Waals surface area contributed by atoms with Crippen LogP contribution in [-0.4, -0.2) is 34.7 Å². The van der Waals surface area contributed by atoms with Crippen molar-refractivity contribution in [1.82, 2.24) is 5.32 Å². The van der Waals surface area contributed by atoms with Crippen LogP contribution in [0.3, 0.4) is 0 Å². The summed E-state index contributed by atoms with van der Waals surface area (Å²) in [7, 11) is 1.68. The van der Waals surface area contributed by atoms with Crippen LogP contribution in [0.5, 0.6) is 0 Å². The summed E-state index contributed by atoms with van der Waals surface area (Å²) in [5.41, 5.74) is -0.228. The molecule has 116 valence electrons. The van der Waals surface area contributed by atoms with Gasteiger partial charge in [-0.1, -0.05) is 61.6 Å². The Bertz CT molecular complexity index is 402. The van der Waals surface area contributed by atoms with Gasteiger partial charge in [0.15, 0.2) is 0 Å². The van der Waals surface area contributed by atoms with Crippen molar-refractivity contribution in [2.45, 2.75) is 41.7 Å². The van der Waals surface area contributed by atoms with Crippen molar-refractivity contribution < 1.29 is 9.53 Å². The molecule has 6 heteroatoms. The third-order valence-corrected chi connectivity index (χ3v) is 8.93. The number of nitrogens with one attached hydrogen (secondary N) is 1. The third-order valence-electron chi connectivity index (χ3n) is 5.70. The summed E-state index contributed by atoms with van der Waals surface area (Å²) in [6.07, 6.45) is 2.86. The maximum absolute atomic E-state index is 12.7. The van der Waals surface area contributed by atoms with E-state index in [1.165, 1.54) is 0 Å². The molecule has 3 rings (SSSR count). The zero-order valence-electron chi connectivity index (χ0n) is 12.1. The van der Waals surface area contributed by atoms with Crippen LogP contribution in [0, 0.1) is 16.2 Å². The average molecular weight is 476 g/mol. The van der Waals surface area contributed by atoms with Gasteiger partial charge in [-0.3, -0.25) is 4.79 Å². The first-order valence-electron chi connectivity index (χ1n) is 6.98. The fourth-order valence-electron chi connectivity index (χ4n) is 4.27. The van der Waals surface area contributed by atoms with Crippen molar-refractivity contribution >= 4 is 53.7 Å². The second kappa shape index (κ2) is 5.82. The van der Waals surface area contributed by atoms with Gasteiger partial charge in [0.05, 0.1) is 9.15 Å². The zero-order valence-corrected chi connectivity index (χ0v) is 16.9. The molecule has 3 unspecified atom stereocenters. The number of methoxy groups -OCH3 is 1. The fourth-order valence-corrected chi connectivity index (χ4v) is 9.19. The van der Waals surface area contributed by atoms with Crippen LogP contribution in [0.2, 0.25) is 0 Å². The van der Waals surface area contributed by atoms with Crippen LogP contribution in [0.4, 0.5) is 0 Å². The van der Waals surface area contributed by atoms with Gasteiger partial charge in [0.1, 0.15) is 0 Å². The summed E-state index contributed by atoms with van der Waals surface area (Å²) < 4.78 is 5.24. The predicted octanol–water partition coefficient (Wildman–Crippen LogP) is 3.82. The lowest BCUT2D eigenvalue weighted by Crippen LogP contribution is -2.72. The van der Waals surface area contributed by atoms with Crippen LogP contribution >= 0.6 is 47.8 Å². The Labute approximate surface area is 146 Å². The van der Waals surface area contributed by atoms with E-state index in [0.717, 1.165) is 19.3 Å². The Hall–Kier alpha value is 0.870. The van der Waals surface area contributed by atoms with E-state index in [1.54, 1.807) is 7.11 Å². The molecule has 0 saturated heterocycles. The smallest absolute Gasteiger partial charge is 0.227 e. The SMILES string of the molecule is COCCCNC(=O)C12CCC(C(Br)Br)(C1Br)C2(C)C. The molecule has 0 aliphatic heterocycles. The highest BCUT2D eigenvalue weighted by molar-refractivity contribution is 9.24. The van der Waals surface area contributed by atoms with E-state index in [4.69, 9.17) is 4.74 Å². The van der Waals surface area contributed by atoms with Gasteiger partial charge >= 0.3 is 0 Å². The minimum atomic E-state index is -0.292. The van der Waals surface area contributed by atoms with Gasteiger partial charge in [0, 0.05) is 30.5 Å². The Morgan fingerprint density at radius 1 is 1.40 bits per heavy atom. The quantitative estimate of drug-likeness (QED) is 0.468. The number of alkyl halides is 3. The maximum atomic E-state index is 12.7. The first kappa shape index (κ1) is 17.2. The van der Waals surface area contributed by atoms with Crippen molar-refractivity contribution in [3.8, 4) is 0 Å². The lowest BCUT2D eigenvalue weighted by Gasteiger charge is -2.66. The minimum absolute atomic E-state index is 0.0306. The van der Waals surface area contributed by atoms with Crippen LogP contribution in [0.15, 0.2) is 0 Å². The second-order valence-corrected chi connectivity index (χ2v) is 10.4. The number of amides is 1. The van der Waals surface area contributed by atoms with Crippen molar-refractivity contribution in [3.63, 3.8) is 0 Å². The summed E-state index contributed by atoms with van der Waals surface area (Å²) in [5.74, 6) is 0.189. The van der Waals surface area contributed by atoms with Crippen molar-refractivity contribution in [2.75, 3.05) is 20.3 Å². The number of ether oxygens (including phenoxy) is 1. The number of hydrogen-bond donors (Lipinski definition) is 1. The molecule has 0 aromatic rings. The molecule has 1 N–H and O–H groups in total. The van der Waals surface area contributed by atoms with E-state index >= 15 is 0 Å². The van der Waals surface area contributed by atoms with E-state index in [-0.39, 0.29) is 30.7 Å². The normalized spacial score (nSPS) is 37.9. The number of halogens is 3. The fraction of sp³-hybridized carbons (Fsp3) is 0.929. The van der Waals surface area contributed by atoms with E-state index in [2.05, 4.69) is 67.0 Å². The molecule has 0 aromatic carbocycles. The summed E-state index contributed by atoms with van der Waals surface area (Å²) >= 11 is 11.2. The van der Waals surface area contributed by atoms with Crippen LogP contribution in [-0.2, 0) is 9.53 Å². The largest absolute Gasteiger partial charge is 0.385 e. The first-order valence-corrected chi connectivity index (χ1v) is 9.73. The molecule has 1 amide bonds. The van der Waals surface area contributed by atoms with Gasteiger partial charge in [-0.2, -0.15) is 0 Å². The Morgan fingerprint density at radius 3 is 2.50 bits per heavy atom. The maximum Gasteiger partial charge on any atom is 0.227 e. The van der Waals surface area contributed by atoms with E-state index in [0.29, 0.717) is 13.2 Å². The van der Waals surface area contributed by atoms with Crippen LogP contribution in [0.25, 0.3) is 0 Å². The second-order valence-electron chi connectivity index (χ2n) is 6.40. The summed E-state index contributed by atoms with van der Waals surface area (Å²) in [6, 6.07) is 0. The summed E-state index contributed by atoms with van der Waals surface area (Å²) in [4.78, 5) is 13.0. The van der Waals surface area contributed by atoms with Gasteiger partial charge in [-0.25, -0.2) is 0 Å². The molecule has 3 fully saturated rings. The Kier molecular flexibility index (Phi) is 5.01. The van der Waals surface area contributed by atoms with Crippen LogP contribution in [0.1, 0.15) is 33.1 Å². The number of fused-ring (bicyclic) bond motifs is 1. The molecule has 3 aliphatic rings. The Morgan fingerprint density at radius 2 is 2.05 bits per heavy atom. The van der Waals surface area contributed by atoms with Gasteiger partial charge in [-0.05, 0) is 24.7 Å². The first-order chi connectivity index (χ1) is 9.29. The highest BCUT2D eigenvalue weighted by Crippen LogP contribution is 2.82.